The number of ether oxygens (including phenoxy) is 1. The third kappa shape index (κ3) is 4.21. The lowest BCUT2D eigenvalue weighted by Crippen LogP contribution is -2.36. The largest absolute Gasteiger partial charge is 0.497 e. The van der Waals surface area contributed by atoms with E-state index in [2.05, 4.69) is 10.6 Å². The molecule has 134 valence electrons. The van der Waals surface area contributed by atoms with E-state index in [4.69, 9.17) is 4.74 Å². The van der Waals surface area contributed by atoms with Crippen LogP contribution in [0.5, 0.6) is 5.75 Å². The van der Waals surface area contributed by atoms with Crippen LogP contribution in [0.25, 0.3) is 0 Å². The molecule has 1 fully saturated rings. The number of hydrogen-bond acceptors (Lipinski definition) is 4. The van der Waals surface area contributed by atoms with Gasteiger partial charge in [0.05, 0.1) is 7.11 Å². The molecule has 0 aromatic heterocycles. The number of hydrogen-bond donors (Lipinski definition) is 2. The van der Waals surface area contributed by atoms with Gasteiger partial charge in [-0.2, -0.15) is 0 Å². The monoisotopic (exact) mass is 342 g/mol. The average Bonchev–Trinajstić information content (AvgIpc) is 2.95. The summed E-state index contributed by atoms with van der Waals surface area (Å²) < 4.78 is 5.13. The van der Waals surface area contributed by atoms with Gasteiger partial charge in [-0.15, -0.1) is 0 Å². The van der Waals surface area contributed by atoms with Crippen LogP contribution in [0.3, 0.4) is 0 Å². The minimum atomic E-state index is 0.0560. The predicted molar refractivity (Wildman–Crippen MR) is 97.4 cm³/mol. The normalized spacial score (nSPS) is 23.5. The van der Waals surface area contributed by atoms with Gasteiger partial charge in [0.2, 0.25) is 5.91 Å². The van der Waals surface area contributed by atoms with Gasteiger partial charge in [0.25, 0.3) is 0 Å². The Morgan fingerprint density at radius 3 is 2.32 bits per heavy atom. The number of allylic oxidation sites excluding steroid dienone is 2. The Hall–Kier alpha value is -2.30. The Morgan fingerprint density at radius 1 is 1.08 bits per heavy atom. The molecular formula is C20H26N2O3. The first-order valence-electron chi connectivity index (χ1n) is 9.01. The second-order valence-electron chi connectivity index (χ2n) is 6.94. The van der Waals surface area contributed by atoms with E-state index >= 15 is 0 Å². The molecule has 0 radical (unpaired) electrons. The van der Waals surface area contributed by atoms with Gasteiger partial charge in [0, 0.05) is 35.3 Å². The van der Waals surface area contributed by atoms with E-state index in [1.807, 2.05) is 31.2 Å². The lowest BCUT2D eigenvalue weighted by molar-refractivity contribution is -0.120. The molecule has 0 heterocycles. The van der Waals surface area contributed by atoms with Gasteiger partial charge in [-0.1, -0.05) is 0 Å². The maximum atomic E-state index is 12.5. The second kappa shape index (κ2) is 7.72. The molecule has 1 aromatic rings. The van der Waals surface area contributed by atoms with E-state index in [-0.39, 0.29) is 17.6 Å². The smallest absolute Gasteiger partial charge is 0.227 e. The van der Waals surface area contributed by atoms with Gasteiger partial charge in [0.1, 0.15) is 5.75 Å². The molecule has 0 atom stereocenters. The molecule has 2 aliphatic carbocycles. The lowest BCUT2D eigenvalue weighted by atomic mass is 9.85. The molecule has 0 bridgehead atoms. The molecule has 3 rings (SSSR count). The molecule has 1 saturated carbocycles. The summed E-state index contributed by atoms with van der Waals surface area (Å²) in [5, 5.41) is 6.53. The fraction of sp³-hybridized carbons (Fsp3) is 0.500. The highest BCUT2D eigenvalue weighted by atomic mass is 16.5. The van der Waals surface area contributed by atoms with Gasteiger partial charge in [0.15, 0.2) is 5.78 Å². The van der Waals surface area contributed by atoms with Crippen LogP contribution < -0.4 is 15.4 Å². The molecule has 5 nitrogen and oxygen atoms in total. The Bertz CT molecular complexity index is 671. The second-order valence-corrected chi connectivity index (χ2v) is 6.94. The van der Waals surface area contributed by atoms with Crippen molar-refractivity contribution in [3.05, 3.63) is 35.5 Å². The lowest BCUT2D eigenvalue weighted by Gasteiger charge is -2.29. The van der Waals surface area contributed by atoms with Crippen LogP contribution in [0, 0.1) is 5.92 Å². The third-order valence-corrected chi connectivity index (χ3v) is 5.31. The van der Waals surface area contributed by atoms with E-state index < -0.39 is 0 Å². The number of nitrogens with one attached hydrogen (secondary N) is 2. The van der Waals surface area contributed by atoms with Crippen LogP contribution in [0.4, 0.5) is 5.69 Å². The standard InChI is InChI=1S/C20H26N2O3/c1-13-18(11-12-19(13)23)21-15-5-3-14(4-6-15)20(24)22-16-7-9-17(25-2)10-8-16/h7-10,14-15,21H,3-6,11-12H2,1-2H3,(H,22,24)/t14-,15-. The molecule has 5 heteroatoms. The summed E-state index contributed by atoms with van der Waals surface area (Å²) in [6, 6.07) is 7.78. The number of ketones is 1. The van der Waals surface area contributed by atoms with E-state index in [0.29, 0.717) is 12.5 Å². The van der Waals surface area contributed by atoms with Crippen molar-refractivity contribution < 1.29 is 14.3 Å². The van der Waals surface area contributed by atoms with Gasteiger partial charge in [-0.25, -0.2) is 0 Å². The number of methoxy groups -OCH3 is 1. The molecule has 0 spiro atoms. The zero-order valence-corrected chi connectivity index (χ0v) is 14.9. The van der Waals surface area contributed by atoms with Crippen molar-refractivity contribution >= 4 is 17.4 Å². The maximum Gasteiger partial charge on any atom is 0.227 e. The SMILES string of the molecule is COc1ccc(NC(=O)[C@H]2CC[C@H](NC3=C(C)C(=O)CC3)CC2)cc1. The zero-order chi connectivity index (χ0) is 17.8. The van der Waals surface area contributed by atoms with E-state index in [0.717, 1.165) is 54.8 Å². The Balaban J connectivity index is 1.48. The van der Waals surface area contributed by atoms with Gasteiger partial charge in [-0.05, 0) is 63.3 Å². The van der Waals surface area contributed by atoms with Crippen LogP contribution in [-0.2, 0) is 9.59 Å². The van der Waals surface area contributed by atoms with Gasteiger partial charge >= 0.3 is 0 Å². The molecule has 1 amide bonds. The third-order valence-electron chi connectivity index (χ3n) is 5.31. The average molecular weight is 342 g/mol. The van der Waals surface area contributed by atoms with Crippen LogP contribution in [0.1, 0.15) is 45.4 Å². The first-order valence-corrected chi connectivity index (χ1v) is 9.01. The van der Waals surface area contributed by atoms with Crippen molar-refractivity contribution in [3.8, 4) is 5.75 Å². The predicted octanol–water partition coefficient (Wildman–Crippen LogP) is 3.42. The fourth-order valence-electron chi connectivity index (χ4n) is 3.63. The molecule has 25 heavy (non-hydrogen) atoms. The van der Waals surface area contributed by atoms with Crippen molar-refractivity contribution in [1.29, 1.82) is 0 Å². The topological polar surface area (TPSA) is 67.4 Å². The van der Waals surface area contributed by atoms with Crippen molar-refractivity contribution in [2.45, 2.75) is 51.5 Å². The van der Waals surface area contributed by atoms with E-state index in [1.54, 1.807) is 7.11 Å². The minimum absolute atomic E-state index is 0.0560. The highest BCUT2D eigenvalue weighted by Gasteiger charge is 2.28. The number of anilines is 1. The van der Waals surface area contributed by atoms with Gasteiger partial charge < -0.3 is 15.4 Å². The quantitative estimate of drug-likeness (QED) is 0.860. The highest BCUT2D eigenvalue weighted by Crippen LogP contribution is 2.28. The molecular weight excluding hydrogens is 316 g/mol. The summed E-state index contributed by atoms with van der Waals surface area (Å²) in [5.74, 6) is 1.19. The molecule has 0 saturated heterocycles. The van der Waals surface area contributed by atoms with Crippen molar-refractivity contribution in [2.75, 3.05) is 12.4 Å². The molecule has 2 aliphatic rings. The zero-order valence-electron chi connectivity index (χ0n) is 14.9. The molecule has 2 N–H and O–H groups in total. The summed E-state index contributed by atoms with van der Waals surface area (Å²) in [4.78, 5) is 24.1. The van der Waals surface area contributed by atoms with E-state index in [1.165, 1.54) is 0 Å². The highest BCUT2D eigenvalue weighted by molar-refractivity contribution is 5.98. The Kier molecular flexibility index (Phi) is 5.41. The first kappa shape index (κ1) is 17.5. The van der Waals surface area contributed by atoms with E-state index in [9.17, 15) is 9.59 Å². The van der Waals surface area contributed by atoms with Gasteiger partial charge in [-0.3, -0.25) is 9.59 Å². The summed E-state index contributed by atoms with van der Waals surface area (Å²) in [6.45, 7) is 1.91. The fourth-order valence-corrected chi connectivity index (χ4v) is 3.63. The Morgan fingerprint density at radius 2 is 1.76 bits per heavy atom. The number of carbonyl (C=O) groups is 2. The molecule has 0 aliphatic heterocycles. The number of benzene rings is 1. The minimum Gasteiger partial charge on any atom is -0.497 e. The number of Topliss-reactive ketones (excluding diaryl/α,β-unsaturated/α-hetero) is 1. The number of amides is 1. The molecule has 1 aromatic carbocycles. The van der Waals surface area contributed by atoms with Crippen molar-refractivity contribution in [3.63, 3.8) is 0 Å². The summed E-state index contributed by atoms with van der Waals surface area (Å²) in [6.07, 6.45) is 5.15. The molecule has 0 unspecified atom stereocenters. The van der Waals surface area contributed by atoms with Crippen LogP contribution in [0.2, 0.25) is 0 Å². The summed E-state index contributed by atoms with van der Waals surface area (Å²) in [5.41, 5.74) is 2.80. The maximum absolute atomic E-state index is 12.5. The van der Waals surface area contributed by atoms with Crippen LogP contribution >= 0.6 is 0 Å². The van der Waals surface area contributed by atoms with Crippen molar-refractivity contribution in [2.24, 2.45) is 5.92 Å². The summed E-state index contributed by atoms with van der Waals surface area (Å²) in [7, 11) is 1.62. The number of carbonyl (C=O) groups excluding carboxylic acids is 2. The Labute approximate surface area is 148 Å². The van der Waals surface area contributed by atoms with Crippen molar-refractivity contribution in [1.82, 2.24) is 5.32 Å². The van der Waals surface area contributed by atoms with Crippen LogP contribution in [-0.4, -0.2) is 24.8 Å². The van der Waals surface area contributed by atoms with Crippen LogP contribution in [0.15, 0.2) is 35.5 Å². The summed E-state index contributed by atoms with van der Waals surface area (Å²) >= 11 is 0. The first-order chi connectivity index (χ1) is 12.1. The number of rotatable bonds is 5.